The number of likely N-dealkylation sites (N-methyl/N-ethyl adjacent to an activating group) is 1. The average molecular weight is 436 g/mol. The van der Waals surface area contributed by atoms with Gasteiger partial charge in [-0.3, -0.25) is 14.5 Å². The molecule has 2 aliphatic heterocycles. The second-order valence-corrected chi connectivity index (χ2v) is 7.89. The Labute approximate surface area is 184 Å². The normalized spacial score (nSPS) is 16.0. The zero-order chi connectivity index (χ0) is 22.3. The number of benzene rings is 1. The van der Waals surface area contributed by atoms with Crippen LogP contribution in [-0.2, 0) is 16.0 Å². The highest BCUT2D eigenvalue weighted by molar-refractivity contribution is 7.78. The van der Waals surface area contributed by atoms with Crippen molar-refractivity contribution in [3.63, 3.8) is 0 Å². The summed E-state index contributed by atoms with van der Waals surface area (Å²) in [6, 6.07) is 5.69. The summed E-state index contributed by atoms with van der Waals surface area (Å²) in [4.78, 5) is 30.6. The number of anilines is 2. The number of hydrogen-bond donors (Lipinski definition) is 3. The Balaban J connectivity index is 0.00000101. The fourth-order valence-electron chi connectivity index (χ4n) is 3.50. The van der Waals surface area contributed by atoms with E-state index in [2.05, 4.69) is 36.7 Å². The third-order valence-corrected chi connectivity index (χ3v) is 5.25. The lowest BCUT2D eigenvalue weighted by Gasteiger charge is -2.24. The Hall–Kier alpha value is -2.30. The summed E-state index contributed by atoms with van der Waals surface area (Å²) in [7, 11) is 1.75. The number of rotatable bonds is 3. The average Bonchev–Trinajstić information content (AvgIpc) is 3.37. The first kappa shape index (κ1) is 24.0. The number of nitrogens with two attached hydrogens (primary N) is 2. The molecule has 2 amide bonds. The molecule has 1 aromatic carbocycles. The number of carbonyl (C=O) groups is 2. The van der Waals surface area contributed by atoms with E-state index in [4.69, 9.17) is 11.7 Å². The second-order valence-electron chi connectivity index (χ2n) is 7.46. The number of fused-ring (bicyclic) bond motifs is 1. The van der Waals surface area contributed by atoms with Gasteiger partial charge in [0.25, 0.3) is 5.91 Å². The fraction of sp³-hybridized carbons (Fsp3) is 0.550. The van der Waals surface area contributed by atoms with Gasteiger partial charge in [-0.2, -0.15) is 5.10 Å². The van der Waals surface area contributed by atoms with Crippen LogP contribution in [0.15, 0.2) is 23.3 Å². The summed E-state index contributed by atoms with van der Waals surface area (Å²) in [6.07, 6.45) is 4.24. The number of thiol groups is 1. The minimum atomic E-state index is -0.433. The van der Waals surface area contributed by atoms with Gasteiger partial charge in [0.1, 0.15) is 0 Å². The summed E-state index contributed by atoms with van der Waals surface area (Å²) in [5, 5.41) is 3.43. The zero-order valence-corrected chi connectivity index (χ0v) is 18.9. The highest BCUT2D eigenvalue weighted by Crippen LogP contribution is 2.32. The van der Waals surface area contributed by atoms with Gasteiger partial charge in [-0.15, -0.1) is 0 Å². The lowest BCUT2D eigenvalue weighted by molar-refractivity contribution is -0.119. The van der Waals surface area contributed by atoms with Crippen molar-refractivity contribution in [2.75, 3.05) is 43.0 Å². The molecule has 9 nitrogen and oxygen atoms in total. The molecule has 0 spiro atoms. The molecule has 3 rings (SSSR count). The molecule has 0 aliphatic carbocycles. The van der Waals surface area contributed by atoms with Gasteiger partial charge in [-0.05, 0) is 62.9 Å². The maximum atomic E-state index is 12.7. The molecule has 0 aromatic heterocycles. The molecule has 0 unspecified atom stereocenters. The quantitative estimate of drug-likeness (QED) is 0.217. The standard InChI is InChI=1S/C17H25N7O2S.C3H8/c1-21(15(25)11-22-7-2-3-8-22)13-5-4-12-6-9-23(14(12)10-13)17(26)16(20-18)24(19)27;1-3-2/h4-5,10,27H,2-3,6-9,11,18-19H2,1H3;3H2,1-2H3/b20-16-;. The summed E-state index contributed by atoms with van der Waals surface area (Å²) in [6.45, 7) is 7.07. The lowest BCUT2D eigenvalue weighted by Crippen LogP contribution is -2.44. The van der Waals surface area contributed by atoms with E-state index < -0.39 is 5.91 Å². The highest BCUT2D eigenvalue weighted by atomic mass is 32.1. The molecule has 166 valence electrons. The highest BCUT2D eigenvalue weighted by Gasteiger charge is 2.30. The van der Waals surface area contributed by atoms with Crippen molar-refractivity contribution in [1.29, 1.82) is 0 Å². The predicted octanol–water partition coefficient (Wildman–Crippen LogP) is 1.34. The van der Waals surface area contributed by atoms with Crippen LogP contribution in [0.25, 0.3) is 0 Å². The minimum Gasteiger partial charge on any atom is -0.321 e. The number of amidine groups is 1. The van der Waals surface area contributed by atoms with Gasteiger partial charge < -0.3 is 15.6 Å². The van der Waals surface area contributed by atoms with E-state index in [1.165, 1.54) is 6.42 Å². The Morgan fingerprint density at radius 2 is 1.83 bits per heavy atom. The SMILES string of the molecule is CCC.CN(C(=O)CN1CCCC1)c1ccc2c(c1)N(C(=O)/C(=N/N)N(N)S)CC2. The Kier molecular flexibility index (Phi) is 8.94. The van der Waals surface area contributed by atoms with Crippen molar-refractivity contribution in [1.82, 2.24) is 9.31 Å². The van der Waals surface area contributed by atoms with E-state index in [1.54, 1.807) is 16.8 Å². The number of hydrazone groups is 1. The first-order valence-electron chi connectivity index (χ1n) is 10.3. The van der Waals surface area contributed by atoms with Crippen LogP contribution >= 0.6 is 12.8 Å². The van der Waals surface area contributed by atoms with Crippen LogP contribution in [0, 0.1) is 0 Å². The Bertz CT molecular complexity index is 778. The molecule has 30 heavy (non-hydrogen) atoms. The summed E-state index contributed by atoms with van der Waals surface area (Å²) < 4.78 is 0.801. The first-order valence-corrected chi connectivity index (χ1v) is 10.7. The van der Waals surface area contributed by atoms with Crippen LogP contribution in [0.2, 0.25) is 0 Å². The third kappa shape index (κ3) is 5.65. The van der Waals surface area contributed by atoms with Crippen LogP contribution in [-0.4, -0.2) is 60.2 Å². The van der Waals surface area contributed by atoms with Crippen LogP contribution < -0.4 is 21.5 Å². The number of nitrogens with zero attached hydrogens (tertiary/aromatic N) is 5. The zero-order valence-electron chi connectivity index (χ0n) is 18.0. The molecule has 10 heteroatoms. The van der Waals surface area contributed by atoms with Crippen molar-refractivity contribution >= 4 is 41.8 Å². The molecular weight excluding hydrogens is 402 g/mol. The number of carbonyl (C=O) groups excluding carboxylic acids is 2. The van der Waals surface area contributed by atoms with Gasteiger partial charge in [0, 0.05) is 25.0 Å². The predicted molar refractivity (Wildman–Crippen MR) is 124 cm³/mol. The van der Waals surface area contributed by atoms with Crippen molar-refractivity contribution in [2.24, 2.45) is 16.8 Å². The molecule has 1 fully saturated rings. The largest absolute Gasteiger partial charge is 0.321 e. The smallest absolute Gasteiger partial charge is 0.297 e. The first-order chi connectivity index (χ1) is 14.3. The summed E-state index contributed by atoms with van der Waals surface area (Å²) in [5.41, 5.74) is 2.49. The van der Waals surface area contributed by atoms with E-state index in [0.29, 0.717) is 19.5 Å². The molecule has 0 bridgehead atoms. The van der Waals surface area contributed by atoms with Gasteiger partial charge in [0.05, 0.1) is 6.54 Å². The van der Waals surface area contributed by atoms with E-state index in [1.807, 2.05) is 18.2 Å². The van der Waals surface area contributed by atoms with Crippen molar-refractivity contribution in [3.8, 4) is 0 Å². The fourth-order valence-corrected chi connectivity index (χ4v) is 3.64. The van der Waals surface area contributed by atoms with Gasteiger partial charge in [-0.25, -0.2) is 10.3 Å². The van der Waals surface area contributed by atoms with Crippen molar-refractivity contribution in [3.05, 3.63) is 23.8 Å². The third-order valence-electron chi connectivity index (χ3n) is 5.06. The van der Waals surface area contributed by atoms with Crippen LogP contribution in [0.4, 0.5) is 11.4 Å². The van der Waals surface area contributed by atoms with Crippen molar-refractivity contribution in [2.45, 2.75) is 39.5 Å². The lowest BCUT2D eigenvalue weighted by atomic mass is 10.1. The molecule has 0 saturated carbocycles. The number of amides is 2. The topological polar surface area (TPSA) is 112 Å². The van der Waals surface area contributed by atoms with E-state index in [9.17, 15) is 9.59 Å². The minimum absolute atomic E-state index is 0.0282. The maximum Gasteiger partial charge on any atom is 0.297 e. The molecule has 2 aliphatic rings. The van der Waals surface area contributed by atoms with Gasteiger partial charge in [-0.1, -0.05) is 26.3 Å². The Morgan fingerprint density at radius 3 is 2.40 bits per heavy atom. The maximum absolute atomic E-state index is 12.7. The van der Waals surface area contributed by atoms with E-state index >= 15 is 0 Å². The monoisotopic (exact) mass is 435 g/mol. The molecule has 0 atom stereocenters. The summed E-state index contributed by atoms with van der Waals surface area (Å²) >= 11 is 3.91. The van der Waals surface area contributed by atoms with E-state index in [0.717, 1.165) is 47.3 Å². The molecular formula is C20H33N7O2S. The molecule has 4 N–H and O–H groups in total. The Morgan fingerprint density at radius 1 is 1.20 bits per heavy atom. The van der Waals surface area contributed by atoms with Crippen LogP contribution in [0.1, 0.15) is 38.7 Å². The molecule has 0 radical (unpaired) electrons. The number of likely N-dealkylation sites (tertiary alicyclic amines) is 1. The van der Waals surface area contributed by atoms with Crippen LogP contribution in [0.3, 0.4) is 0 Å². The number of hydrazine groups is 1. The van der Waals surface area contributed by atoms with Gasteiger partial charge in [0.2, 0.25) is 11.7 Å². The van der Waals surface area contributed by atoms with Gasteiger partial charge >= 0.3 is 0 Å². The van der Waals surface area contributed by atoms with E-state index in [-0.39, 0.29) is 11.7 Å². The van der Waals surface area contributed by atoms with Crippen molar-refractivity contribution < 1.29 is 9.59 Å². The molecule has 1 saturated heterocycles. The van der Waals surface area contributed by atoms with Gasteiger partial charge in [0.15, 0.2) is 0 Å². The number of hydrogen-bond acceptors (Lipinski definition) is 7. The summed E-state index contributed by atoms with van der Waals surface area (Å²) in [5.74, 6) is 10.2. The molecule has 1 aromatic rings. The second kappa shape index (κ2) is 11.2. The molecule has 2 heterocycles. The van der Waals surface area contributed by atoms with Crippen LogP contribution in [0.5, 0.6) is 0 Å².